The number of alkyl halides is 2. The molecule has 5 nitrogen and oxygen atoms in total. The first-order valence-electron chi connectivity index (χ1n) is 10.4. The van der Waals surface area contributed by atoms with Gasteiger partial charge in [-0.05, 0) is 52.7 Å². The quantitative estimate of drug-likeness (QED) is 0.290. The lowest BCUT2D eigenvalue weighted by Crippen LogP contribution is -2.30. The van der Waals surface area contributed by atoms with Gasteiger partial charge in [-0.3, -0.25) is 9.69 Å². The van der Waals surface area contributed by atoms with Crippen LogP contribution in [0.5, 0.6) is 5.75 Å². The van der Waals surface area contributed by atoms with E-state index in [0.29, 0.717) is 22.4 Å². The van der Waals surface area contributed by atoms with E-state index in [9.17, 15) is 13.6 Å². The highest BCUT2D eigenvalue weighted by Gasteiger charge is 2.32. The van der Waals surface area contributed by atoms with Crippen molar-refractivity contribution in [1.29, 1.82) is 0 Å². The van der Waals surface area contributed by atoms with E-state index >= 15 is 0 Å². The highest BCUT2D eigenvalue weighted by molar-refractivity contribution is 8.13. The first-order valence-corrected chi connectivity index (χ1v) is 11.4. The van der Waals surface area contributed by atoms with Gasteiger partial charge in [0.15, 0.2) is 5.17 Å². The predicted octanol–water partition coefficient (Wildman–Crippen LogP) is 6.71. The van der Waals surface area contributed by atoms with E-state index in [2.05, 4.69) is 27.9 Å². The number of halogens is 2. The van der Waals surface area contributed by atoms with Crippen LogP contribution in [0.3, 0.4) is 0 Å². The molecule has 1 amide bonds. The standard InChI is InChI=1S/C26H18F2N2O3S/c27-25(28)33-20-12-10-19(11-13-20)30-24(31)23(15-21-8-4-14-32-21)29-26(30)34-16-18-7-3-6-17-5-1-2-9-22(17)18/h1-15,25H,16H2/b23-15-. The van der Waals surface area contributed by atoms with Crippen molar-refractivity contribution in [3.05, 3.63) is 102 Å². The van der Waals surface area contributed by atoms with Crippen LogP contribution in [0, 0.1) is 0 Å². The van der Waals surface area contributed by atoms with Crippen LogP contribution in [-0.2, 0) is 10.5 Å². The molecule has 0 radical (unpaired) electrons. The van der Waals surface area contributed by atoms with E-state index in [0.717, 1.165) is 16.3 Å². The molecule has 1 aliphatic rings. The molecular formula is C26H18F2N2O3S. The molecule has 170 valence electrons. The number of carbonyl (C=O) groups is 1. The van der Waals surface area contributed by atoms with Gasteiger partial charge >= 0.3 is 6.61 Å². The molecule has 0 saturated carbocycles. The zero-order valence-corrected chi connectivity index (χ0v) is 18.5. The SMILES string of the molecule is O=C1/C(=C/c2ccco2)N=C(SCc2cccc3ccccc23)N1c1ccc(OC(F)F)cc1. The molecule has 0 unspecified atom stereocenters. The van der Waals surface area contributed by atoms with Crippen LogP contribution >= 0.6 is 11.8 Å². The number of nitrogens with zero attached hydrogens (tertiary/aromatic N) is 2. The summed E-state index contributed by atoms with van der Waals surface area (Å²) < 4.78 is 34.8. The van der Waals surface area contributed by atoms with E-state index in [-0.39, 0.29) is 17.4 Å². The van der Waals surface area contributed by atoms with Crippen LogP contribution in [-0.4, -0.2) is 17.7 Å². The lowest BCUT2D eigenvalue weighted by molar-refractivity contribution is -0.113. The molecule has 1 aliphatic heterocycles. The second-order valence-electron chi connectivity index (χ2n) is 7.38. The Morgan fingerprint density at radius 3 is 2.56 bits per heavy atom. The Balaban J connectivity index is 1.46. The van der Waals surface area contributed by atoms with Crippen LogP contribution in [0.25, 0.3) is 16.8 Å². The lowest BCUT2D eigenvalue weighted by Gasteiger charge is -2.18. The Hall–Kier alpha value is -3.91. The summed E-state index contributed by atoms with van der Waals surface area (Å²) in [5.74, 6) is 0.774. The molecule has 0 fully saturated rings. The largest absolute Gasteiger partial charge is 0.465 e. The molecule has 8 heteroatoms. The zero-order chi connectivity index (χ0) is 23.5. The van der Waals surface area contributed by atoms with E-state index < -0.39 is 6.61 Å². The first kappa shape index (κ1) is 21.9. The fourth-order valence-electron chi connectivity index (χ4n) is 3.67. The topological polar surface area (TPSA) is 55.0 Å². The Labute approximate surface area is 198 Å². The molecular weight excluding hydrogens is 458 g/mol. The molecule has 0 spiro atoms. The molecule has 0 N–H and O–H groups in total. The molecule has 1 aromatic heterocycles. The number of hydrogen-bond acceptors (Lipinski definition) is 5. The summed E-state index contributed by atoms with van der Waals surface area (Å²) in [4.78, 5) is 19.3. The molecule has 34 heavy (non-hydrogen) atoms. The minimum Gasteiger partial charge on any atom is -0.465 e. The number of furan rings is 1. The van der Waals surface area contributed by atoms with Crippen molar-refractivity contribution < 1.29 is 22.7 Å². The first-order chi connectivity index (χ1) is 16.6. The third-order valence-corrected chi connectivity index (χ3v) is 6.20. The van der Waals surface area contributed by atoms with E-state index in [1.54, 1.807) is 30.3 Å². The fraction of sp³-hybridized carbons (Fsp3) is 0.0769. The van der Waals surface area contributed by atoms with Crippen molar-refractivity contribution in [2.45, 2.75) is 12.4 Å². The van der Waals surface area contributed by atoms with Crippen molar-refractivity contribution in [1.82, 2.24) is 0 Å². The van der Waals surface area contributed by atoms with Gasteiger partial charge in [-0.15, -0.1) is 0 Å². The molecule has 0 bridgehead atoms. The van der Waals surface area contributed by atoms with Gasteiger partial charge in [-0.2, -0.15) is 8.78 Å². The minimum atomic E-state index is -2.92. The van der Waals surface area contributed by atoms with Crippen LogP contribution in [0.1, 0.15) is 11.3 Å². The van der Waals surface area contributed by atoms with Crippen LogP contribution in [0.2, 0.25) is 0 Å². The average molecular weight is 477 g/mol. The van der Waals surface area contributed by atoms with E-state index in [1.807, 2.05) is 24.3 Å². The summed E-state index contributed by atoms with van der Waals surface area (Å²) in [7, 11) is 0. The maximum absolute atomic E-state index is 13.3. The van der Waals surface area contributed by atoms with Gasteiger partial charge in [0.25, 0.3) is 5.91 Å². The number of amides is 1. The molecule has 5 rings (SSSR count). The van der Waals surface area contributed by atoms with Crippen molar-refractivity contribution in [2.75, 3.05) is 4.90 Å². The van der Waals surface area contributed by atoms with Gasteiger partial charge in [0.2, 0.25) is 0 Å². The number of hydrogen-bond donors (Lipinski definition) is 0. The smallest absolute Gasteiger partial charge is 0.387 e. The van der Waals surface area contributed by atoms with Gasteiger partial charge in [0, 0.05) is 11.8 Å². The number of benzene rings is 3. The van der Waals surface area contributed by atoms with Crippen molar-refractivity contribution in [2.24, 2.45) is 4.99 Å². The number of ether oxygens (including phenoxy) is 1. The number of amidine groups is 1. The van der Waals surface area contributed by atoms with Crippen molar-refractivity contribution in [3.63, 3.8) is 0 Å². The summed E-state index contributed by atoms with van der Waals surface area (Å²) in [5.41, 5.74) is 1.84. The normalized spacial score (nSPS) is 14.9. The third-order valence-electron chi connectivity index (χ3n) is 5.21. The minimum absolute atomic E-state index is 0.0126. The van der Waals surface area contributed by atoms with Crippen molar-refractivity contribution >= 4 is 45.4 Å². The van der Waals surface area contributed by atoms with E-state index in [4.69, 9.17) is 4.42 Å². The maximum atomic E-state index is 13.3. The summed E-state index contributed by atoms with van der Waals surface area (Å²) in [6.07, 6.45) is 3.10. The Morgan fingerprint density at radius 1 is 1.00 bits per heavy atom. The Morgan fingerprint density at radius 2 is 1.79 bits per heavy atom. The highest BCUT2D eigenvalue weighted by Crippen LogP contribution is 2.33. The second kappa shape index (κ2) is 9.52. The molecule has 0 aliphatic carbocycles. The summed E-state index contributed by atoms with van der Waals surface area (Å²) in [6, 6.07) is 23.6. The van der Waals surface area contributed by atoms with Crippen LogP contribution in [0.15, 0.2) is 100 Å². The van der Waals surface area contributed by atoms with Gasteiger partial charge in [0.1, 0.15) is 17.2 Å². The number of aliphatic imine (C=N–C) groups is 1. The highest BCUT2D eigenvalue weighted by atomic mass is 32.2. The predicted molar refractivity (Wildman–Crippen MR) is 130 cm³/mol. The van der Waals surface area contributed by atoms with E-state index in [1.165, 1.54) is 35.1 Å². The monoisotopic (exact) mass is 476 g/mol. The second-order valence-corrected chi connectivity index (χ2v) is 8.32. The van der Waals surface area contributed by atoms with Gasteiger partial charge < -0.3 is 9.15 Å². The number of rotatable bonds is 6. The molecule has 0 saturated heterocycles. The molecule has 2 heterocycles. The Kier molecular flexibility index (Phi) is 6.14. The zero-order valence-electron chi connectivity index (χ0n) is 17.7. The van der Waals surface area contributed by atoms with Crippen LogP contribution in [0.4, 0.5) is 14.5 Å². The summed E-state index contributed by atoms with van der Waals surface area (Å²) in [6.45, 7) is -2.92. The van der Waals surface area contributed by atoms with Gasteiger partial charge in [0.05, 0.1) is 12.0 Å². The van der Waals surface area contributed by atoms with Crippen molar-refractivity contribution in [3.8, 4) is 5.75 Å². The van der Waals surface area contributed by atoms with Gasteiger partial charge in [-0.25, -0.2) is 4.99 Å². The number of carbonyl (C=O) groups excluding carboxylic acids is 1. The number of thioether (sulfide) groups is 1. The number of anilines is 1. The molecule has 4 aromatic rings. The Bertz CT molecular complexity index is 1380. The summed E-state index contributed by atoms with van der Waals surface area (Å²) in [5, 5.41) is 2.75. The van der Waals surface area contributed by atoms with Gasteiger partial charge in [-0.1, -0.05) is 54.2 Å². The average Bonchev–Trinajstić information content (AvgIpc) is 3.46. The number of fused-ring (bicyclic) bond motifs is 1. The third kappa shape index (κ3) is 4.58. The molecule has 3 aromatic carbocycles. The summed E-state index contributed by atoms with van der Waals surface area (Å²) >= 11 is 1.42. The lowest BCUT2D eigenvalue weighted by atomic mass is 10.1. The molecule has 0 atom stereocenters. The van der Waals surface area contributed by atoms with Crippen LogP contribution < -0.4 is 9.64 Å². The fourth-order valence-corrected chi connectivity index (χ4v) is 4.68. The maximum Gasteiger partial charge on any atom is 0.387 e.